The summed E-state index contributed by atoms with van der Waals surface area (Å²) in [6.07, 6.45) is 6.05. The second-order valence-electron chi connectivity index (χ2n) is 11.3. The Balaban J connectivity index is 1.44. The van der Waals surface area contributed by atoms with Crippen molar-refractivity contribution < 1.29 is 14.7 Å². The number of carbonyl (C=O) groups is 2. The monoisotopic (exact) mass is 490 g/mol. The summed E-state index contributed by atoms with van der Waals surface area (Å²) < 4.78 is 0. The van der Waals surface area contributed by atoms with Crippen LogP contribution in [0.1, 0.15) is 66.4 Å². The molecule has 192 valence electrons. The third kappa shape index (κ3) is 4.18. The van der Waals surface area contributed by atoms with E-state index in [0.717, 1.165) is 50.5 Å². The fourth-order valence-corrected chi connectivity index (χ4v) is 6.68. The number of amides is 3. The molecule has 1 saturated heterocycles. The predicted molar refractivity (Wildman–Crippen MR) is 139 cm³/mol. The third-order valence-corrected chi connectivity index (χ3v) is 9.11. The van der Waals surface area contributed by atoms with Gasteiger partial charge in [-0.25, -0.2) is 4.79 Å². The van der Waals surface area contributed by atoms with Crippen LogP contribution in [0.3, 0.4) is 0 Å². The van der Waals surface area contributed by atoms with Crippen LogP contribution in [-0.2, 0) is 12.1 Å². The van der Waals surface area contributed by atoms with E-state index in [0.29, 0.717) is 25.2 Å². The van der Waals surface area contributed by atoms with E-state index in [2.05, 4.69) is 49.3 Å². The maximum atomic E-state index is 13.9. The Kier molecular flexibility index (Phi) is 6.33. The average Bonchev–Trinajstić information content (AvgIpc) is 3.09. The molecule has 1 aliphatic heterocycles. The van der Waals surface area contributed by atoms with Crippen molar-refractivity contribution in [2.75, 3.05) is 27.2 Å². The van der Waals surface area contributed by atoms with Gasteiger partial charge in [-0.15, -0.1) is 0 Å². The summed E-state index contributed by atoms with van der Waals surface area (Å²) in [7, 11) is 4.29. The lowest BCUT2D eigenvalue weighted by atomic mass is 9.67. The summed E-state index contributed by atoms with van der Waals surface area (Å²) in [5, 5.41) is 11.1. The third-order valence-electron chi connectivity index (χ3n) is 9.11. The molecule has 2 aliphatic carbocycles. The van der Waals surface area contributed by atoms with Crippen LogP contribution < -0.4 is 5.73 Å². The number of aliphatic hydroxyl groups is 1. The number of β-amino-alcohol motifs (C(OH)–C–C–N with tert-alkyl or cyclic N) is 1. The molecule has 3 aliphatic rings. The molecule has 3 amide bonds. The maximum absolute atomic E-state index is 13.9. The van der Waals surface area contributed by atoms with Gasteiger partial charge in [0, 0.05) is 24.2 Å². The topological polar surface area (TPSA) is 90.1 Å². The highest BCUT2D eigenvalue weighted by Gasteiger charge is 2.56. The Morgan fingerprint density at radius 1 is 0.972 bits per heavy atom. The Bertz CT molecular complexity index is 1120. The van der Waals surface area contributed by atoms with Crippen LogP contribution in [0.2, 0.25) is 0 Å². The van der Waals surface area contributed by atoms with Gasteiger partial charge in [0.15, 0.2) is 0 Å². The van der Waals surface area contributed by atoms with Gasteiger partial charge in [-0.05, 0) is 76.2 Å². The summed E-state index contributed by atoms with van der Waals surface area (Å²) in [6, 6.07) is 17.9. The van der Waals surface area contributed by atoms with Crippen LogP contribution in [-0.4, -0.2) is 70.1 Å². The molecule has 1 heterocycles. The molecule has 0 aromatic heterocycles. The molecule has 3 fully saturated rings. The molecule has 3 N–H and O–H groups in total. The predicted octanol–water partition coefficient (Wildman–Crippen LogP) is 3.71. The minimum Gasteiger partial charge on any atom is -0.388 e. The molecule has 0 unspecified atom stereocenters. The second kappa shape index (κ2) is 9.20. The fraction of sp³-hybridized carbons (Fsp3) is 0.517. The zero-order chi connectivity index (χ0) is 25.6. The quantitative estimate of drug-likeness (QED) is 0.619. The van der Waals surface area contributed by atoms with E-state index in [-0.39, 0.29) is 17.1 Å². The van der Waals surface area contributed by atoms with Gasteiger partial charge in [0.25, 0.3) is 0 Å². The van der Waals surface area contributed by atoms with Crippen LogP contribution in [0.25, 0.3) is 0 Å². The first-order valence-corrected chi connectivity index (χ1v) is 13.1. The van der Waals surface area contributed by atoms with Gasteiger partial charge in [0.1, 0.15) is 0 Å². The van der Waals surface area contributed by atoms with Gasteiger partial charge in [-0.2, -0.15) is 0 Å². The molecule has 2 saturated carbocycles. The number of benzene rings is 2. The number of nitrogens with two attached hydrogens (primary N) is 1. The number of hydrogen-bond donors (Lipinski definition) is 2. The highest BCUT2D eigenvalue weighted by atomic mass is 16.3. The van der Waals surface area contributed by atoms with Crippen LogP contribution >= 0.6 is 0 Å². The highest BCUT2D eigenvalue weighted by molar-refractivity contribution is 5.94. The van der Waals surface area contributed by atoms with Gasteiger partial charge in [0.2, 0.25) is 5.91 Å². The summed E-state index contributed by atoms with van der Waals surface area (Å²) in [5.74, 6) is -0.483. The van der Waals surface area contributed by atoms with E-state index in [1.54, 1.807) is 12.1 Å². The molecule has 0 radical (unpaired) electrons. The summed E-state index contributed by atoms with van der Waals surface area (Å²) >= 11 is 0. The van der Waals surface area contributed by atoms with E-state index in [4.69, 9.17) is 5.73 Å². The van der Waals surface area contributed by atoms with Crippen LogP contribution in [0.15, 0.2) is 54.6 Å². The van der Waals surface area contributed by atoms with Crippen molar-refractivity contribution in [2.24, 2.45) is 5.73 Å². The van der Waals surface area contributed by atoms with Crippen molar-refractivity contribution in [2.45, 2.75) is 68.2 Å². The lowest BCUT2D eigenvalue weighted by Gasteiger charge is -2.52. The first-order valence-electron chi connectivity index (χ1n) is 13.1. The molecule has 1 spiro atoms. The first kappa shape index (κ1) is 24.8. The molecule has 2 aromatic rings. The number of rotatable bonds is 7. The van der Waals surface area contributed by atoms with E-state index >= 15 is 0 Å². The Morgan fingerprint density at radius 3 is 2.19 bits per heavy atom. The van der Waals surface area contributed by atoms with Crippen LogP contribution in [0.4, 0.5) is 4.79 Å². The van der Waals surface area contributed by atoms with Crippen molar-refractivity contribution >= 4 is 11.9 Å². The molecule has 7 heteroatoms. The zero-order valence-electron chi connectivity index (χ0n) is 21.4. The molecule has 0 bridgehead atoms. The van der Waals surface area contributed by atoms with E-state index in [1.807, 2.05) is 21.9 Å². The average molecular weight is 491 g/mol. The normalized spacial score (nSPS) is 27.5. The largest absolute Gasteiger partial charge is 0.388 e. The Hall–Kier alpha value is -2.90. The summed E-state index contributed by atoms with van der Waals surface area (Å²) in [5.41, 5.74) is 6.94. The smallest absolute Gasteiger partial charge is 0.321 e. The minimum atomic E-state index is -0.792. The van der Waals surface area contributed by atoms with Crippen molar-refractivity contribution in [3.05, 3.63) is 71.3 Å². The molecule has 7 nitrogen and oxygen atoms in total. The number of urea groups is 1. The maximum Gasteiger partial charge on any atom is 0.321 e. The van der Waals surface area contributed by atoms with Crippen LogP contribution in [0.5, 0.6) is 0 Å². The van der Waals surface area contributed by atoms with Crippen molar-refractivity contribution in [1.82, 2.24) is 14.7 Å². The lowest BCUT2D eigenvalue weighted by molar-refractivity contribution is -0.0725. The summed E-state index contributed by atoms with van der Waals surface area (Å²) in [4.78, 5) is 32.0. The van der Waals surface area contributed by atoms with E-state index in [9.17, 15) is 14.7 Å². The van der Waals surface area contributed by atoms with Crippen molar-refractivity contribution in [1.29, 1.82) is 0 Å². The molecule has 2 aromatic carbocycles. The SMILES string of the molecule is CN(C)C1(c2ccccc2)CCC2(CC1)CN(Cc1ccccc1C(N)=O)C(=O)N2CC1(O)CCC1. The van der Waals surface area contributed by atoms with Gasteiger partial charge >= 0.3 is 6.03 Å². The molecule has 0 atom stereocenters. The Morgan fingerprint density at radius 2 is 1.61 bits per heavy atom. The number of carbonyl (C=O) groups excluding carboxylic acids is 2. The highest BCUT2D eigenvalue weighted by Crippen LogP contribution is 2.50. The number of primary amides is 1. The fourth-order valence-electron chi connectivity index (χ4n) is 6.68. The van der Waals surface area contributed by atoms with E-state index < -0.39 is 11.5 Å². The number of nitrogens with zero attached hydrogens (tertiary/aromatic N) is 3. The molecular weight excluding hydrogens is 452 g/mol. The van der Waals surface area contributed by atoms with E-state index in [1.165, 1.54) is 5.56 Å². The first-order chi connectivity index (χ1) is 17.2. The summed E-state index contributed by atoms with van der Waals surface area (Å²) in [6.45, 7) is 1.31. The zero-order valence-corrected chi connectivity index (χ0v) is 21.4. The standard InChI is InChI=1S/C29H38N4O3/c1-31(2)29(23-10-4-3-5-11-23)17-15-27(16-18-29)20-32(19-22-9-6-7-12-24(22)25(30)34)26(35)33(27)21-28(36)13-8-14-28/h3-7,9-12,36H,8,13-21H2,1-2H3,(H2,30,34). The Labute approximate surface area is 213 Å². The van der Waals surface area contributed by atoms with Crippen LogP contribution in [0, 0.1) is 0 Å². The molecule has 5 rings (SSSR count). The van der Waals surface area contributed by atoms with Gasteiger partial charge in [-0.1, -0.05) is 48.5 Å². The van der Waals surface area contributed by atoms with Crippen molar-refractivity contribution in [3.63, 3.8) is 0 Å². The molecule has 36 heavy (non-hydrogen) atoms. The lowest BCUT2D eigenvalue weighted by Crippen LogP contribution is -2.59. The van der Waals surface area contributed by atoms with Crippen molar-refractivity contribution in [3.8, 4) is 0 Å². The number of hydrogen-bond acceptors (Lipinski definition) is 4. The van der Waals surface area contributed by atoms with Gasteiger partial charge < -0.3 is 20.6 Å². The van der Waals surface area contributed by atoms with Gasteiger partial charge in [-0.3, -0.25) is 9.69 Å². The molecular formula is C29H38N4O3. The minimum absolute atomic E-state index is 0.0494. The second-order valence-corrected chi connectivity index (χ2v) is 11.3. The van der Waals surface area contributed by atoms with Gasteiger partial charge in [0.05, 0.1) is 17.7 Å².